The zero-order chi connectivity index (χ0) is 15.8. The first kappa shape index (κ1) is 15.0. The van der Waals surface area contributed by atoms with E-state index in [9.17, 15) is 4.79 Å². The zero-order valence-corrected chi connectivity index (χ0v) is 14.7. The lowest BCUT2D eigenvalue weighted by Crippen LogP contribution is -2.62. The molecule has 4 aliphatic carbocycles. The van der Waals surface area contributed by atoms with E-state index in [0.29, 0.717) is 16.7 Å². The van der Waals surface area contributed by atoms with E-state index >= 15 is 0 Å². The predicted molar refractivity (Wildman–Crippen MR) is 86.4 cm³/mol. The van der Waals surface area contributed by atoms with E-state index in [-0.39, 0.29) is 17.6 Å². The van der Waals surface area contributed by atoms with E-state index in [2.05, 4.69) is 32.6 Å². The molecule has 5 fully saturated rings. The fourth-order valence-electron chi connectivity index (χ4n) is 7.37. The van der Waals surface area contributed by atoms with E-state index in [1.165, 1.54) is 19.3 Å². The molecule has 4 saturated carbocycles. The summed E-state index contributed by atoms with van der Waals surface area (Å²) in [5.74, 6) is 1.24. The number of ether oxygens (including phenoxy) is 1. The molecule has 22 heavy (non-hydrogen) atoms. The van der Waals surface area contributed by atoms with Gasteiger partial charge in [0.25, 0.3) is 0 Å². The monoisotopic (exact) mass is 305 g/mol. The summed E-state index contributed by atoms with van der Waals surface area (Å²) >= 11 is 0. The summed E-state index contributed by atoms with van der Waals surface area (Å²) in [6.45, 7) is 10.6. The Morgan fingerprint density at radius 3 is 2.00 bits per heavy atom. The molecule has 4 bridgehead atoms. The number of hydrogen-bond donors (Lipinski definition) is 0. The highest BCUT2D eigenvalue weighted by molar-refractivity contribution is 5.83. The van der Waals surface area contributed by atoms with Crippen molar-refractivity contribution in [2.75, 3.05) is 13.1 Å². The minimum absolute atomic E-state index is 0.0559. The molecule has 0 aromatic rings. The molecule has 1 aliphatic heterocycles. The number of nitrogens with zero attached hydrogens (tertiary/aromatic N) is 1. The molecule has 0 aromatic heterocycles. The molecule has 0 N–H and O–H groups in total. The Hall–Kier alpha value is -0.570. The minimum Gasteiger partial charge on any atom is -0.372 e. The first-order valence-electron chi connectivity index (χ1n) is 9.16. The van der Waals surface area contributed by atoms with Crippen LogP contribution in [0.25, 0.3) is 0 Å². The van der Waals surface area contributed by atoms with Gasteiger partial charge >= 0.3 is 0 Å². The molecular weight excluding hydrogens is 274 g/mol. The van der Waals surface area contributed by atoms with Crippen LogP contribution in [0.4, 0.5) is 0 Å². The number of hydrogen-bond acceptors (Lipinski definition) is 2. The Morgan fingerprint density at radius 1 is 0.955 bits per heavy atom. The van der Waals surface area contributed by atoms with Gasteiger partial charge in [-0.15, -0.1) is 0 Å². The second-order valence-corrected chi connectivity index (χ2v) is 9.88. The van der Waals surface area contributed by atoms with Crippen LogP contribution in [-0.2, 0) is 9.53 Å². The van der Waals surface area contributed by atoms with Gasteiger partial charge in [0.1, 0.15) is 0 Å². The standard InChI is InChI=1S/C19H31NO2/c1-13-8-20(9-14(2)22-13)16(21)19-7-15-5-17(3,11-19)10-18(4,6-15)12-19/h13-15H,5-12H2,1-4H3/t13-,14-,15?,17-,18+,19?/m0/s1. The zero-order valence-electron chi connectivity index (χ0n) is 14.7. The Kier molecular flexibility index (Phi) is 3.06. The first-order valence-corrected chi connectivity index (χ1v) is 9.16. The van der Waals surface area contributed by atoms with Gasteiger partial charge in [0.05, 0.1) is 17.6 Å². The summed E-state index contributed by atoms with van der Waals surface area (Å²) in [7, 11) is 0. The van der Waals surface area contributed by atoms with Crippen molar-refractivity contribution >= 4 is 5.91 Å². The largest absolute Gasteiger partial charge is 0.372 e. The Bertz CT molecular complexity index is 474. The number of rotatable bonds is 1. The van der Waals surface area contributed by atoms with Crippen LogP contribution in [0.1, 0.15) is 66.2 Å². The van der Waals surface area contributed by atoms with Crippen molar-refractivity contribution in [2.24, 2.45) is 22.2 Å². The van der Waals surface area contributed by atoms with Gasteiger partial charge in [-0.2, -0.15) is 0 Å². The molecule has 0 aromatic carbocycles. The van der Waals surface area contributed by atoms with Gasteiger partial charge in [0.15, 0.2) is 0 Å². The average Bonchev–Trinajstić information content (AvgIpc) is 2.32. The van der Waals surface area contributed by atoms with Crippen molar-refractivity contribution in [3.8, 4) is 0 Å². The second kappa shape index (κ2) is 4.49. The van der Waals surface area contributed by atoms with Gasteiger partial charge in [-0.3, -0.25) is 4.79 Å². The lowest BCUT2D eigenvalue weighted by atomic mass is 9.40. The Morgan fingerprint density at radius 2 is 1.50 bits per heavy atom. The fourth-order valence-corrected chi connectivity index (χ4v) is 7.37. The molecule has 2 unspecified atom stereocenters. The number of amides is 1. The van der Waals surface area contributed by atoms with Crippen LogP contribution in [0.3, 0.4) is 0 Å². The molecule has 124 valence electrons. The maximum atomic E-state index is 13.5. The lowest BCUT2D eigenvalue weighted by Gasteiger charge is -2.65. The molecule has 1 heterocycles. The summed E-state index contributed by atoms with van der Waals surface area (Å²) in [6.07, 6.45) is 7.80. The number of morpholine rings is 1. The van der Waals surface area contributed by atoms with Crippen molar-refractivity contribution in [1.82, 2.24) is 4.90 Å². The highest BCUT2D eigenvalue weighted by atomic mass is 16.5. The fraction of sp³-hybridized carbons (Fsp3) is 0.947. The van der Waals surface area contributed by atoms with Crippen molar-refractivity contribution in [2.45, 2.75) is 78.4 Å². The second-order valence-electron chi connectivity index (χ2n) is 9.88. The van der Waals surface area contributed by atoms with E-state index < -0.39 is 0 Å². The smallest absolute Gasteiger partial charge is 0.229 e. The van der Waals surface area contributed by atoms with E-state index in [0.717, 1.165) is 38.3 Å². The van der Waals surface area contributed by atoms with Crippen LogP contribution in [0.2, 0.25) is 0 Å². The van der Waals surface area contributed by atoms with E-state index in [1.54, 1.807) is 0 Å². The van der Waals surface area contributed by atoms with Crippen LogP contribution in [0.5, 0.6) is 0 Å². The molecule has 6 atom stereocenters. The van der Waals surface area contributed by atoms with Crippen molar-refractivity contribution in [3.05, 3.63) is 0 Å². The van der Waals surface area contributed by atoms with Crippen LogP contribution < -0.4 is 0 Å². The summed E-state index contributed by atoms with van der Waals surface area (Å²) in [4.78, 5) is 15.6. The number of carbonyl (C=O) groups is 1. The van der Waals surface area contributed by atoms with Crippen LogP contribution in [0.15, 0.2) is 0 Å². The van der Waals surface area contributed by atoms with Gasteiger partial charge in [0.2, 0.25) is 5.91 Å². The summed E-state index contributed by atoms with van der Waals surface area (Å²) in [5.41, 5.74) is 0.764. The molecule has 1 saturated heterocycles. The highest BCUT2D eigenvalue weighted by Crippen LogP contribution is 2.69. The van der Waals surface area contributed by atoms with E-state index in [1.807, 2.05) is 0 Å². The molecule has 5 rings (SSSR count). The Balaban J connectivity index is 1.62. The summed E-state index contributed by atoms with van der Waals surface area (Å²) in [5, 5.41) is 0. The molecule has 5 aliphatic rings. The topological polar surface area (TPSA) is 29.5 Å². The number of carbonyl (C=O) groups excluding carboxylic acids is 1. The first-order chi connectivity index (χ1) is 10.2. The van der Waals surface area contributed by atoms with Crippen molar-refractivity contribution in [3.63, 3.8) is 0 Å². The maximum absolute atomic E-state index is 13.5. The molecule has 1 amide bonds. The van der Waals surface area contributed by atoms with Crippen molar-refractivity contribution < 1.29 is 9.53 Å². The molecular formula is C19H31NO2. The van der Waals surface area contributed by atoms with E-state index in [4.69, 9.17) is 4.74 Å². The molecule has 3 nitrogen and oxygen atoms in total. The van der Waals surface area contributed by atoms with Gasteiger partial charge in [-0.1, -0.05) is 13.8 Å². The van der Waals surface area contributed by atoms with Gasteiger partial charge in [0, 0.05) is 13.1 Å². The highest BCUT2D eigenvalue weighted by Gasteiger charge is 2.63. The van der Waals surface area contributed by atoms with Gasteiger partial charge < -0.3 is 9.64 Å². The predicted octanol–water partition coefficient (Wildman–Crippen LogP) is 3.62. The molecule has 0 spiro atoms. The third-order valence-corrected chi connectivity index (χ3v) is 6.79. The third-order valence-electron chi connectivity index (χ3n) is 6.79. The van der Waals surface area contributed by atoms with Gasteiger partial charge in [-0.25, -0.2) is 0 Å². The van der Waals surface area contributed by atoms with Crippen LogP contribution in [-0.4, -0.2) is 36.1 Å². The normalized spacial score (nSPS) is 53.8. The van der Waals surface area contributed by atoms with Crippen LogP contribution in [0, 0.1) is 22.2 Å². The lowest BCUT2D eigenvalue weighted by molar-refractivity contribution is -0.186. The van der Waals surface area contributed by atoms with Crippen molar-refractivity contribution in [1.29, 1.82) is 0 Å². The van der Waals surface area contributed by atoms with Crippen LogP contribution >= 0.6 is 0 Å². The Labute approximate surface area is 134 Å². The molecule has 3 heteroatoms. The SMILES string of the molecule is C[C@H]1CN(C(=O)C23CC4C[C@@](C)(C2)C[C@](C)(C4)C3)C[C@H](C)O1. The third kappa shape index (κ3) is 2.23. The average molecular weight is 305 g/mol. The van der Waals surface area contributed by atoms with Gasteiger partial charge in [-0.05, 0) is 69.1 Å². The minimum atomic E-state index is -0.0559. The maximum Gasteiger partial charge on any atom is 0.229 e. The summed E-state index contributed by atoms with van der Waals surface area (Å²) < 4.78 is 5.83. The quantitative estimate of drug-likeness (QED) is 0.740. The summed E-state index contributed by atoms with van der Waals surface area (Å²) in [6, 6.07) is 0. The molecule has 0 radical (unpaired) electrons.